The molecule has 1 rings (SSSR count). The van der Waals surface area contributed by atoms with Crippen molar-refractivity contribution in [1.29, 1.82) is 0 Å². The van der Waals surface area contributed by atoms with Gasteiger partial charge in [-0.05, 0) is 24.6 Å². The van der Waals surface area contributed by atoms with Crippen LogP contribution in [0.3, 0.4) is 0 Å². The molecule has 0 N–H and O–H groups in total. The van der Waals surface area contributed by atoms with E-state index in [4.69, 9.17) is 4.74 Å². The highest BCUT2D eigenvalue weighted by Gasteiger charge is 1.97. The van der Waals surface area contributed by atoms with E-state index in [9.17, 15) is 0 Å². The fourth-order valence-corrected chi connectivity index (χ4v) is 2.34. The van der Waals surface area contributed by atoms with Crippen molar-refractivity contribution in [3.8, 4) is 5.75 Å². The van der Waals surface area contributed by atoms with Crippen molar-refractivity contribution in [3.05, 3.63) is 27.1 Å². The summed E-state index contributed by atoms with van der Waals surface area (Å²) in [5.41, 5.74) is 0. The van der Waals surface area contributed by atoms with Gasteiger partial charge in [-0.3, -0.25) is 0 Å². The predicted molar refractivity (Wildman–Crippen MR) is 65.7 cm³/mol. The van der Waals surface area contributed by atoms with E-state index < -0.39 is 0 Å². The van der Waals surface area contributed by atoms with Gasteiger partial charge in [-0.1, -0.05) is 47.8 Å². The molecule has 0 heterocycles. The number of benzene rings is 1. The summed E-state index contributed by atoms with van der Waals surface area (Å²) in [7, 11) is 0. The van der Waals surface area contributed by atoms with Crippen LogP contribution in [-0.4, -0.2) is 11.9 Å². The van der Waals surface area contributed by atoms with Gasteiger partial charge >= 0.3 is 0 Å². The summed E-state index contributed by atoms with van der Waals surface area (Å²) in [5, 5.41) is 0.974. The Morgan fingerprint density at radius 3 is 2.23 bits per heavy atom. The fourth-order valence-electron chi connectivity index (χ4n) is 0.856. The van der Waals surface area contributed by atoms with E-state index in [0.29, 0.717) is 0 Å². The van der Waals surface area contributed by atoms with Gasteiger partial charge in [0.1, 0.15) is 5.75 Å². The predicted octanol–water partition coefficient (Wildman–Crippen LogP) is 4.38. The van der Waals surface area contributed by atoms with Crippen molar-refractivity contribution >= 4 is 47.8 Å². The highest BCUT2D eigenvalue weighted by Crippen LogP contribution is 2.24. The monoisotopic (exact) mass is 370 g/mol. The summed E-state index contributed by atoms with van der Waals surface area (Å²) in [4.78, 5) is 0. The molecule has 0 aliphatic heterocycles. The average Bonchev–Trinajstić information content (AvgIpc) is 2.03. The number of hydrogen-bond acceptors (Lipinski definition) is 1. The largest absolute Gasteiger partial charge is 0.493 e. The zero-order chi connectivity index (χ0) is 9.68. The number of halogens is 3. The molecule has 13 heavy (non-hydrogen) atoms. The molecule has 0 aliphatic carbocycles. The molecule has 0 atom stereocenters. The molecule has 0 radical (unpaired) electrons. The lowest BCUT2D eigenvalue weighted by atomic mass is 10.3. The molecule has 0 saturated heterocycles. The molecule has 0 aliphatic rings. The van der Waals surface area contributed by atoms with Gasteiger partial charge in [0.25, 0.3) is 0 Å². The molecule has 0 spiro atoms. The van der Waals surface area contributed by atoms with Gasteiger partial charge in [0.2, 0.25) is 0 Å². The molecule has 0 amide bonds. The maximum Gasteiger partial charge on any atom is 0.121 e. The molecule has 0 bridgehead atoms. The van der Waals surface area contributed by atoms with E-state index in [1.165, 1.54) is 0 Å². The first-order valence-corrected chi connectivity index (χ1v) is 6.58. The second-order valence-corrected chi connectivity index (χ2v) is 5.12. The summed E-state index contributed by atoms with van der Waals surface area (Å²) in [5.74, 6) is 0.891. The Labute approximate surface area is 103 Å². The average molecular weight is 373 g/mol. The van der Waals surface area contributed by atoms with Gasteiger partial charge in [0.05, 0.1) is 6.61 Å². The Morgan fingerprint density at radius 2 is 1.69 bits per heavy atom. The topological polar surface area (TPSA) is 9.23 Å². The third-order valence-electron chi connectivity index (χ3n) is 1.38. The van der Waals surface area contributed by atoms with Crippen LogP contribution in [0.25, 0.3) is 0 Å². The third kappa shape index (κ3) is 4.47. The van der Waals surface area contributed by atoms with E-state index in [1.807, 2.05) is 18.2 Å². The minimum Gasteiger partial charge on any atom is -0.493 e. The standard InChI is InChI=1S/C9H9Br3O/c10-2-1-3-13-9-5-7(11)4-8(12)6-9/h4-6H,1-3H2. The lowest BCUT2D eigenvalue weighted by molar-refractivity contribution is 0.318. The van der Waals surface area contributed by atoms with Crippen LogP contribution in [0.2, 0.25) is 0 Å². The minimum absolute atomic E-state index is 0.744. The van der Waals surface area contributed by atoms with Crippen LogP contribution in [-0.2, 0) is 0 Å². The zero-order valence-corrected chi connectivity index (χ0v) is 11.7. The molecular weight excluding hydrogens is 364 g/mol. The molecule has 0 fully saturated rings. The van der Waals surface area contributed by atoms with E-state index in [1.54, 1.807) is 0 Å². The van der Waals surface area contributed by atoms with Crippen LogP contribution in [0.15, 0.2) is 27.1 Å². The first-order chi connectivity index (χ1) is 6.22. The molecule has 72 valence electrons. The fraction of sp³-hybridized carbons (Fsp3) is 0.333. The highest BCUT2D eigenvalue weighted by atomic mass is 79.9. The molecular formula is C9H9Br3O. The maximum atomic E-state index is 5.52. The Hall–Kier alpha value is 0.460. The summed E-state index contributed by atoms with van der Waals surface area (Å²) in [6.45, 7) is 0.744. The van der Waals surface area contributed by atoms with Gasteiger partial charge < -0.3 is 4.74 Å². The number of ether oxygens (including phenoxy) is 1. The third-order valence-corrected chi connectivity index (χ3v) is 2.86. The molecule has 0 saturated carbocycles. The van der Waals surface area contributed by atoms with E-state index in [0.717, 1.165) is 33.1 Å². The van der Waals surface area contributed by atoms with Crippen molar-refractivity contribution in [1.82, 2.24) is 0 Å². The van der Waals surface area contributed by atoms with E-state index in [-0.39, 0.29) is 0 Å². The number of hydrogen-bond donors (Lipinski definition) is 0. The lowest BCUT2D eigenvalue weighted by Gasteiger charge is -2.05. The van der Waals surface area contributed by atoms with Gasteiger partial charge in [0.15, 0.2) is 0 Å². The van der Waals surface area contributed by atoms with Crippen LogP contribution in [0.5, 0.6) is 5.75 Å². The first-order valence-electron chi connectivity index (χ1n) is 3.87. The van der Waals surface area contributed by atoms with Crippen LogP contribution in [0.1, 0.15) is 6.42 Å². The molecule has 1 nitrogen and oxygen atoms in total. The van der Waals surface area contributed by atoms with Crippen molar-refractivity contribution in [2.24, 2.45) is 0 Å². The second kappa shape index (κ2) is 6.04. The Balaban J connectivity index is 2.56. The first kappa shape index (κ1) is 11.5. The highest BCUT2D eigenvalue weighted by molar-refractivity contribution is 9.11. The van der Waals surface area contributed by atoms with Crippen LogP contribution < -0.4 is 4.74 Å². The van der Waals surface area contributed by atoms with Gasteiger partial charge in [-0.2, -0.15) is 0 Å². The van der Waals surface area contributed by atoms with Crippen molar-refractivity contribution < 1.29 is 4.74 Å². The maximum absolute atomic E-state index is 5.52. The summed E-state index contributed by atoms with van der Waals surface area (Å²) < 4.78 is 7.57. The van der Waals surface area contributed by atoms with Crippen LogP contribution in [0.4, 0.5) is 0 Å². The molecule has 1 aromatic carbocycles. The molecule has 1 aromatic rings. The number of rotatable bonds is 4. The summed E-state index contributed by atoms with van der Waals surface area (Å²) in [6.07, 6.45) is 1.02. The van der Waals surface area contributed by atoms with Gasteiger partial charge in [0, 0.05) is 14.3 Å². The van der Waals surface area contributed by atoms with Crippen LogP contribution in [0, 0.1) is 0 Å². The normalized spacial score (nSPS) is 10.1. The van der Waals surface area contributed by atoms with E-state index >= 15 is 0 Å². The molecule has 4 heteroatoms. The number of alkyl halides is 1. The minimum atomic E-state index is 0.744. The van der Waals surface area contributed by atoms with Crippen molar-refractivity contribution in [3.63, 3.8) is 0 Å². The van der Waals surface area contributed by atoms with Gasteiger partial charge in [-0.15, -0.1) is 0 Å². The van der Waals surface area contributed by atoms with E-state index in [2.05, 4.69) is 47.8 Å². The van der Waals surface area contributed by atoms with Gasteiger partial charge in [-0.25, -0.2) is 0 Å². The lowest BCUT2D eigenvalue weighted by Crippen LogP contribution is -1.97. The molecule has 0 unspecified atom stereocenters. The Kier molecular flexibility index (Phi) is 5.36. The summed E-state index contributed by atoms with van der Waals surface area (Å²) in [6, 6.07) is 5.90. The Bertz CT molecular complexity index is 255. The quantitative estimate of drug-likeness (QED) is 0.563. The van der Waals surface area contributed by atoms with Crippen molar-refractivity contribution in [2.45, 2.75) is 6.42 Å². The molecule has 0 aromatic heterocycles. The Morgan fingerprint density at radius 1 is 1.08 bits per heavy atom. The SMILES string of the molecule is BrCCCOc1cc(Br)cc(Br)c1. The summed E-state index contributed by atoms with van der Waals surface area (Å²) >= 11 is 10.2. The zero-order valence-electron chi connectivity index (χ0n) is 6.90. The van der Waals surface area contributed by atoms with Crippen molar-refractivity contribution in [2.75, 3.05) is 11.9 Å². The van der Waals surface area contributed by atoms with Crippen LogP contribution >= 0.6 is 47.8 Å². The second-order valence-electron chi connectivity index (χ2n) is 2.50. The smallest absolute Gasteiger partial charge is 0.121 e.